The lowest BCUT2D eigenvalue weighted by Crippen LogP contribution is -2.38. The number of hydrogen-bond acceptors (Lipinski definition) is 7. The van der Waals surface area contributed by atoms with Gasteiger partial charge in [0.2, 0.25) is 12.3 Å². The second kappa shape index (κ2) is 26.3. The number of methoxy groups -OCH3 is 1. The predicted molar refractivity (Wildman–Crippen MR) is 203 cm³/mol. The average molecular weight is 688 g/mol. The van der Waals surface area contributed by atoms with Gasteiger partial charge < -0.3 is 31.0 Å². The normalized spacial score (nSPS) is 13.3. The Labute approximate surface area is 297 Å². The van der Waals surface area contributed by atoms with Crippen molar-refractivity contribution in [2.45, 2.75) is 68.8 Å². The number of amides is 2. The van der Waals surface area contributed by atoms with Crippen molar-refractivity contribution in [3.63, 3.8) is 0 Å². The van der Waals surface area contributed by atoms with Gasteiger partial charge in [0.25, 0.3) is 0 Å². The summed E-state index contributed by atoms with van der Waals surface area (Å²) in [5.41, 5.74) is 8.77. The number of nitrogens with two attached hydrogens (primary N) is 1. The molecular formula is C38H53N7O3S. The van der Waals surface area contributed by atoms with Gasteiger partial charge in [-0.05, 0) is 50.1 Å². The van der Waals surface area contributed by atoms with E-state index in [4.69, 9.17) is 5.73 Å². The van der Waals surface area contributed by atoms with Crippen molar-refractivity contribution in [3.8, 4) is 23.1 Å². The molecule has 1 aliphatic rings. The molecule has 3 aromatic rings. The highest BCUT2D eigenvalue weighted by Gasteiger charge is 2.17. The summed E-state index contributed by atoms with van der Waals surface area (Å²) in [6.45, 7) is 14.1. The van der Waals surface area contributed by atoms with Gasteiger partial charge in [-0.1, -0.05) is 75.1 Å². The Morgan fingerprint density at radius 3 is 2.55 bits per heavy atom. The van der Waals surface area contributed by atoms with Crippen molar-refractivity contribution in [1.82, 2.24) is 25.5 Å². The summed E-state index contributed by atoms with van der Waals surface area (Å²) in [6.07, 6.45) is 9.83. The molecule has 0 saturated carbocycles. The standard InChI is InChI=1S/C31H35N7O2S.C3H8.C2H6O.C2H4/c1-2-17-38(30(40)20-33-22-39)21-29-36-19-27(37-29)24-14-13-23(28(18-24)41-25-10-4-3-5-11-25)9-6-7-15-35-31(32)26-12-8-16-34-26;2*1-3-2;1-2/h3-5,7,10-11,13-15,18-19,22,26,34H,2,8,12,16-17,20-21H2,1H3,(H2,32,35)(H,33,39)(H,36,37);3H2,1-2H3;1-2H3;1-2H2/b15-7+;;;. The van der Waals surface area contributed by atoms with Crippen LogP contribution in [-0.4, -0.2) is 72.9 Å². The van der Waals surface area contributed by atoms with E-state index in [0.29, 0.717) is 31.2 Å². The molecule has 1 saturated heterocycles. The second-order valence-corrected chi connectivity index (χ2v) is 11.7. The van der Waals surface area contributed by atoms with E-state index in [1.54, 1.807) is 49.4 Å². The minimum absolute atomic E-state index is 0.0354. The second-order valence-electron chi connectivity index (χ2n) is 10.6. The summed E-state index contributed by atoms with van der Waals surface area (Å²) < 4.78 is 4.25. The van der Waals surface area contributed by atoms with Gasteiger partial charge in [0, 0.05) is 54.0 Å². The summed E-state index contributed by atoms with van der Waals surface area (Å²) in [4.78, 5) is 39.1. The molecule has 1 aliphatic heterocycles. The van der Waals surface area contributed by atoms with Gasteiger partial charge in [-0.2, -0.15) is 0 Å². The first-order chi connectivity index (χ1) is 23.9. The van der Waals surface area contributed by atoms with Gasteiger partial charge in [0.05, 0.1) is 31.0 Å². The molecule has 0 aliphatic carbocycles. The van der Waals surface area contributed by atoms with Crippen LogP contribution in [0.1, 0.15) is 57.8 Å². The van der Waals surface area contributed by atoms with Gasteiger partial charge in [0.1, 0.15) is 11.7 Å². The van der Waals surface area contributed by atoms with Crippen LogP contribution < -0.4 is 16.4 Å². The lowest BCUT2D eigenvalue weighted by atomic mass is 10.1. The van der Waals surface area contributed by atoms with Gasteiger partial charge in [-0.3, -0.25) is 9.59 Å². The maximum absolute atomic E-state index is 12.5. The summed E-state index contributed by atoms with van der Waals surface area (Å²) in [5.74, 6) is 7.44. The monoisotopic (exact) mass is 687 g/mol. The number of amidine groups is 1. The van der Waals surface area contributed by atoms with Gasteiger partial charge in [0.15, 0.2) is 0 Å². The molecule has 5 N–H and O–H groups in total. The Morgan fingerprint density at radius 2 is 1.92 bits per heavy atom. The first kappa shape index (κ1) is 42.4. The first-order valence-corrected chi connectivity index (χ1v) is 17.2. The molecule has 0 radical (unpaired) electrons. The molecular weight excluding hydrogens is 635 g/mol. The van der Waals surface area contributed by atoms with E-state index >= 15 is 0 Å². The number of carbonyl (C=O) groups excluding carboxylic acids is 2. The summed E-state index contributed by atoms with van der Waals surface area (Å²) in [6, 6.07) is 16.4. The fraction of sp³-hybridized carbons (Fsp3) is 0.368. The topological polar surface area (TPSA) is 138 Å². The fourth-order valence-corrected chi connectivity index (χ4v) is 5.34. The van der Waals surface area contributed by atoms with E-state index < -0.39 is 0 Å². The highest BCUT2D eigenvalue weighted by molar-refractivity contribution is 7.99. The zero-order chi connectivity index (χ0) is 36.3. The number of allylic oxidation sites excluding steroid dienone is 1. The minimum atomic E-state index is -0.154. The minimum Gasteiger partial charge on any atom is -0.388 e. The smallest absolute Gasteiger partial charge is 0.242 e. The number of aromatic amines is 1. The number of hydrogen-bond donors (Lipinski definition) is 4. The Balaban J connectivity index is 0.00000137. The number of rotatable bonds is 12. The molecule has 1 unspecified atom stereocenters. The number of aliphatic imine (C=N–C) groups is 1. The highest BCUT2D eigenvalue weighted by atomic mass is 32.2. The third-order valence-corrected chi connectivity index (χ3v) is 7.49. The lowest BCUT2D eigenvalue weighted by molar-refractivity contribution is -0.132. The van der Waals surface area contributed by atoms with Crippen molar-refractivity contribution >= 4 is 29.9 Å². The Kier molecular flexibility index (Phi) is 22.8. The molecule has 1 atom stereocenters. The van der Waals surface area contributed by atoms with Gasteiger partial charge >= 0.3 is 0 Å². The third-order valence-electron chi connectivity index (χ3n) is 6.42. The molecule has 2 heterocycles. The number of benzene rings is 2. The highest BCUT2D eigenvalue weighted by Crippen LogP contribution is 2.33. The lowest BCUT2D eigenvalue weighted by Gasteiger charge is -2.20. The number of H-pyrrole nitrogens is 1. The van der Waals surface area contributed by atoms with Crippen molar-refractivity contribution in [1.29, 1.82) is 0 Å². The molecule has 11 heteroatoms. The summed E-state index contributed by atoms with van der Waals surface area (Å²) in [5, 5.41) is 5.77. The van der Waals surface area contributed by atoms with Crippen LogP contribution >= 0.6 is 11.8 Å². The Hall–Kier alpha value is -4.63. The number of carbonyl (C=O) groups is 2. The van der Waals surface area contributed by atoms with E-state index in [1.165, 1.54) is 6.42 Å². The SMILES string of the molecule is C=C.CCC.CCCN(Cc1ncc(-c2ccc(C#C/C=C/N=C(N)C3CCCN3)c(Sc3ccccc3)c2)[nH]1)C(=O)CNC=O.COC. The van der Waals surface area contributed by atoms with Crippen LogP contribution in [0.3, 0.4) is 0 Å². The maximum Gasteiger partial charge on any atom is 0.242 e. The molecule has 10 nitrogen and oxygen atoms in total. The molecule has 0 spiro atoms. The van der Waals surface area contributed by atoms with Crippen molar-refractivity contribution in [2.24, 2.45) is 10.7 Å². The van der Waals surface area contributed by atoms with Crippen LogP contribution in [0.5, 0.6) is 0 Å². The quantitative estimate of drug-likeness (QED) is 0.0588. The van der Waals surface area contributed by atoms with Crippen LogP contribution in [-0.2, 0) is 20.9 Å². The number of aromatic nitrogens is 2. The van der Waals surface area contributed by atoms with Gasteiger partial charge in [-0.25, -0.2) is 9.98 Å². The molecule has 1 fully saturated rings. The molecule has 4 rings (SSSR count). The zero-order valence-corrected chi connectivity index (χ0v) is 30.4. The van der Waals surface area contributed by atoms with Crippen LogP contribution in [0.4, 0.5) is 0 Å². The largest absolute Gasteiger partial charge is 0.388 e. The summed E-state index contributed by atoms with van der Waals surface area (Å²) >= 11 is 1.64. The molecule has 264 valence electrons. The van der Waals surface area contributed by atoms with Crippen molar-refractivity contribution < 1.29 is 14.3 Å². The summed E-state index contributed by atoms with van der Waals surface area (Å²) in [7, 11) is 3.25. The Bertz CT molecular complexity index is 1490. The van der Waals surface area contributed by atoms with Crippen LogP contribution in [0.2, 0.25) is 0 Å². The van der Waals surface area contributed by atoms with E-state index in [9.17, 15) is 9.59 Å². The average Bonchev–Trinajstić information content (AvgIpc) is 3.83. The zero-order valence-electron chi connectivity index (χ0n) is 29.6. The van der Waals surface area contributed by atoms with Crippen LogP contribution in [0, 0.1) is 11.8 Å². The fourth-order valence-electron chi connectivity index (χ4n) is 4.37. The molecule has 49 heavy (non-hydrogen) atoms. The number of nitrogens with zero attached hydrogens (tertiary/aromatic N) is 3. The van der Waals surface area contributed by atoms with Gasteiger partial charge in [-0.15, -0.1) is 13.2 Å². The Morgan fingerprint density at radius 1 is 1.20 bits per heavy atom. The van der Waals surface area contributed by atoms with Crippen molar-refractivity contribution in [3.05, 3.63) is 91.5 Å². The van der Waals surface area contributed by atoms with E-state index in [1.807, 2.05) is 37.3 Å². The van der Waals surface area contributed by atoms with E-state index in [0.717, 1.165) is 52.4 Å². The third kappa shape index (κ3) is 16.4. The maximum atomic E-state index is 12.5. The number of nitrogens with one attached hydrogen (secondary N) is 3. The number of ether oxygens (including phenoxy) is 1. The molecule has 2 aromatic carbocycles. The van der Waals surface area contributed by atoms with Crippen molar-refractivity contribution in [2.75, 3.05) is 33.9 Å². The number of imidazole rings is 1. The first-order valence-electron chi connectivity index (χ1n) is 16.4. The van der Waals surface area contributed by atoms with Crippen LogP contribution in [0.25, 0.3) is 11.3 Å². The van der Waals surface area contributed by atoms with E-state index in [2.05, 4.69) is 87.4 Å². The van der Waals surface area contributed by atoms with E-state index in [-0.39, 0.29) is 18.5 Å². The molecule has 1 aromatic heterocycles. The van der Waals surface area contributed by atoms with Crippen LogP contribution in [0.15, 0.2) is 94.9 Å². The molecule has 0 bridgehead atoms. The molecule has 2 amide bonds. The predicted octanol–water partition coefficient (Wildman–Crippen LogP) is 6.17.